The lowest BCUT2D eigenvalue weighted by molar-refractivity contribution is 0.627. The standard InChI is InChI=1S/2C11H9FS/c2*1-8-6-7-13-11(8)9-2-4-10(12)5-3-9/h2*2-7H,1H3. The zero-order valence-corrected chi connectivity index (χ0v) is 16.1. The molecule has 2 heterocycles. The van der Waals surface area contributed by atoms with Crippen molar-refractivity contribution in [2.75, 3.05) is 0 Å². The first-order valence-electron chi connectivity index (χ1n) is 8.14. The highest BCUT2D eigenvalue weighted by molar-refractivity contribution is 7.14. The average molecular weight is 385 g/mol. The van der Waals surface area contributed by atoms with Crippen LogP contribution in [0.25, 0.3) is 20.9 Å². The van der Waals surface area contributed by atoms with Gasteiger partial charge in [0.25, 0.3) is 0 Å². The zero-order chi connectivity index (χ0) is 18.5. The molecule has 0 radical (unpaired) electrons. The van der Waals surface area contributed by atoms with E-state index in [-0.39, 0.29) is 11.6 Å². The molecule has 0 bridgehead atoms. The molecular formula is C22H18F2S2. The number of aryl methyl sites for hydroxylation is 2. The third-order valence-electron chi connectivity index (χ3n) is 3.94. The zero-order valence-electron chi connectivity index (χ0n) is 14.5. The highest BCUT2D eigenvalue weighted by atomic mass is 32.1. The minimum absolute atomic E-state index is 0.182. The van der Waals surface area contributed by atoms with Crippen molar-refractivity contribution >= 4 is 22.7 Å². The predicted molar refractivity (Wildman–Crippen MR) is 109 cm³/mol. The number of rotatable bonds is 2. The molecule has 0 spiro atoms. The van der Waals surface area contributed by atoms with Crippen molar-refractivity contribution in [1.29, 1.82) is 0 Å². The third-order valence-corrected chi connectivity index (χ3v) is 6.07. The Balaban J connectivity index is 0.000000151. The Morgan fingerprint density at radius 3 is 1.15 bits per heavy atom. The summed E-state index contributed by atoms with van der Waals surface area (Å²) in [4.78, 5) is 2.44. The molecule has 0 aliphatic rings. The summed E-state index contributed by atoms with van der Waals surface area (Å²) in [7, 11) is 0. The lowest BCUT2D eigenvalue weighted by Gasteiger charge is -1.98. The monoisotopic (exact) mass is 384 g/mol. The van der Waals surface area contributed by atoms with Crippen LogP contribution in [-0.4, -0.2) is 0 Å². The van der Waals surface area contributed by atoms with Crippen LogP contribution in [0.15, 0.2) is 71.4 Å². The van der Waals surface area contributed by atoms with Crippen LogP contribution in [0.2, 0.25) is 0 Å². The van der Waals surface area contributed by atoms with Gasteiger partial charge in [0.05, 0.1) is 0 Å². The molecule has 0 nitrogen and oxygen atoms in total. The quantitative estimate of drug-likeness (QED) is 0.332. The maximum absolute atomic E-state index is 12.6. The normalized spacial score (nSPS) is 10.3. The molecular weight excluding hydrogens is 366 g/mol. The summed E-state index contributed by atoms with van der Waals surface area (Å²) in [6.45, 7) is 4.13. The molecule has 0 N–H and O–H groups in total. The molecule has 0 saturated carbocycles. The SMILES string of the molecule is Cc1ccsc1-c1ccc(F)cc1.Cc1ccsc1-c1ccc(F)cc1. The Kier molecular flexibility index (Phi) is 5.96. The lowest BCUT2D eigenvalue weighted by atomic mass is 10.1. The molecule has 0 aliphatic carbocycles. The second-order valence-electron chi connectivity index (χ2n) is 5.88. The molecule has 0 aliphatic heterocycles. The second-order valence-corrected chi connectivity index (χ2v) is 7.71. The fourth-order valence-electron chi connectivity index (χ4n) is 2.54. The van der Waals surface area contributed by atoms with E-state index in [9.17, 15) is 8.78 Å². The Bertz CT molecular complexity index is 882. The van der Waals surface area contributed by atoms with Crippen molar-refractivity contribution in [3.05, 3.63) is 94.2 Å². The van der Waals surface area contributed by atoms with Gasteiger partial charge >= 0.3 is 0 Å². The highest BCUT2D eigenvalue weighted by Gasteiger charge is 2.03. The van der Waals surface area contributed by atoms with Crippen LogP contribution >= 0.6 is 22.7 Å². The Morgan fingerprint density at radius 2 is 0.885 bits per heavy atom. The molecule has 0 amide bonds. The molecule has 2 aromatic carbocycles. The molecule has 0 unspecified atom stereocenters. The number of halogens is 2. The molecule has 4 aromatic rings. The van der Waals surface area contributed by atoms with Gasteiger partial charge in [-0.25, -0.2) is 8.78 Å². The molecule has 2 aromatic heterocycles. The van der Waals surface area contributed by atoms with Crippen molar-refractivity contribution < 1.29 is 8.78 Å². The smallest absolute Gasteiger partial charge is 0.123 e. The summed E-state index contributed by atoms with van der Waals surface area (Å²) in [5, 5.41) is 4.10. The first kappa shape index (κ1) is 18.5. The number of hydrogen-bond acceptors (Lipinski definition) is 2. The van der Waals surface area contributed by atoms with E-state index >= 15 is 0 Å². The summed E-state index contributed by atoms with van der Waals surface area (Å²) in [6, 6.07) is 17.4. The van der Waals surface area contributed by atoms with E-state index in [0.29, 0.717) is 0 Å². The van der Waals surface area contributed by atoms with Crippen LogP contribution in [0.3, 0.4) is 0 Å². The summed E-state index contributed by atoms with van der Waals surface area (Å²) < 4.78 is 25.3. The molecule has 132 valence electrons. The van der Waals surface area contributed by atoms with Crippen molar-refractivity contribution in [1.82, 2.24) is 0 Å². The molecule has 0 fully saturated rings. The summed E-state index contributed by atoms with van der Waals surface area (Å²) >= 11 is 3.37. The van der Waals surface area contributed by atoms with Crippen LogP contribution in [0.5, 0.6) is 0 Å². The van der Waals surface area contributed by atoms with E-state index in [1.165, 1.54) is 45.1 Å². The Morgan fingerprint density at radius 1 is 0.538 bits per heavy atom. The predicted octanol–water partition coefficient (Wildman–Crippen LogP) is 7.73. The minimum Gasteiger partial charge on any atom is -0.207 e. The van der Waals surface area contributed by atoms with Gasteiger partial charge in [0.1, 0.15) is 11.6 Å². The van der Waals surface area contributed by atoms with Crippen LogP contribution in [0, 0.1) is 25.5 Å². The maximum atomic E-state index is 12.6. The minimum atomic E-state index is -0.182. The summed E-state index contributed by atoms with van der Waals surface area (Å²) in [6.07, 6.45) is 0. The summed E-state index contributed by atoms with van der Waals surface area (Å²) in [5.74, 6) is -0.365. The number of benzene rings is 2. The van der Waals surface area contributed by atoms with Gasteiger partial charge in [-0.1, -0.05) is 24.3 Å². The third kappa shape index (κ3) is 4.45. The van der Waals surface area contributed by atoms with Gasteiger partial charge in [-0.3, -0.25) is 0 Å². The van der Waals surface area contributed by atoms with Crippen LogP contribution < -0.4 is 0 Å². The van der Waals surface area contributed by atoms with E-state index in [1.54, 1.807) is 22.7 Å². The van der Waals surface area contributed by atoms with E-state index in [2.05, 4.69) is 26.0 Å². The van der Waals surface area contributed by atoms with Crippen molar-refractivity contribution in [3.63, 3.8) is 0 Å². The second kappa shape index (κ2) is 8.39. The largest absolute Gasteiger partial charge is 0.207 e. The van der Waals surface area contributed by atoms with Crippen molar-refractivity contribution in [2.45, 2.75) is 13.8 Å². The Hall–Kier alpha value is -2.30. The van der Waals surface area contributed by atoms with E-state index < -0.39 is 0 Å². The van der Waals surface area contributed by atoms with E-state index in [4.69, 9.17) is 0 Å². The van der Waals surface area contributed by atoms with Gasteiger partial charge in [0.2, 0.25) is 0 Å². The molecule has 0 atom stereocenters. The van der Waals surface area contributed by atoms with Crippen molar-refractivity contribution in [3.8, 4) is 20.9 Å². The fourth-order valence-corrected chi connectivity index (χ4v) is 4.41. The molecule has 4 heteroatoms. The number of thiophene rings is 2. The highest BCUT2D eigenvalue weighted by Crippen LogP contribution is 2.29. The maximum Gasteiger partial charge on any atom is 0.123 e. The van der Waals surface area contributed by atoms with E-state index in [1.807, 2.05) is 35.0 Å². The van der Waals surface area contributed by atoms with Gasteiger partial charge < -0.3 is 0 Å². The first-order valence-corrected chi connectivity index (χ1v) is 9.90. The van der Waals surface area contributed by atoms with Gasteiger partial charge in [-0.15, -0.1) is 22.7 Å². The molecule has 26 heavy (non-hydrogen) atoms. The molecule has 0 saturated heterocycles. The van der Waals surface area contributed by atoms with Crippen LogP contribution in [0.1, 0.15) is 11.1 Å². The topological polar surface area (TPSA) is 0 Å². The van der Waals surface area contributed by atoms with Gasteiger partial charge in [-0.2, -0.15) is 0 Å². The van der Waals surface area contributed by atoms with Crippen molar-refractivity contribution in [2.24, 2.45) is 0 Å². The summed E-state index contributed by atoms with van der Waals surface area (Å²) in [5.41, 5.74) is 4.68. The molecule has 4 rings (SSSR count). The van der Waals surface area contributed by atoms with E-state index in [0.717, 1.165) is 11.1 Å². The Labute approximate surface area is 160 Å². The van der Waals surface area contributed by atoms with Crippen LogP contribution in [-0.2, 0) is 0 Å². The fraction of sp³-hybridized carbons (Fsp3) is 0.0909. The first-order chi connectivity index (χ1) is 12.5. The number of hydrogen-bond donors (Lipinski definition) is 0. The average Bonchev–Trinajstić information content (AvgIpc) is 3.25. The van der Waals surface area contributed by atoms with Gasteiger partial charge in [-0.05, 0) is 83.3 Å². The van der Waals surface area contributed by atoms with Gasteiger partial charge in [0.15, 0.2) is 0 Å². The lowest BCUT2D eigenvalue weighted by Crippen LogP contribution is -1.76. The van der Waals surface area contributed by atoms with Gasteiger partial charge in [0, 0.05) is 9.75 Å². The van der Waals surface area contributed by atoms with Crippen LogP contribution in [0.4, 0.5) is 8.78 Å².